The zero-order valence-electron chi connectivity index (χ0n) is 11.8. The van der Waals surface area contributed by atoms with Crippen LogP contribution in [0.2, 0.25) is 5.15 Å². The molecule has 2 heterocycles. The molecule has 124 valence electrons. The molecule has 22 heavy (non-hydrogen) atoms. The minimum atomic E-state index is -2.88. The third kappa shape index (κ3) is 4.07. The molecule has 0 radical (unpaired) electrons. The third-order valence-electron chi connectivity index (χ3n) is 2.89. The predicted molar refractivity (Wildman–Crippen MR) is 76.7 cm³/mol. The van der Waals surface area contributed by atoms with Crippen LogP contribution in [0.5, 0.6) is 0 Å². The molecule has 0 spiro atoms. The molecule has 0 aliphatic carbocycles. The van der Waals surface area contributed by atoms with Crippen LogP contribution in [0.15, 0.2) is 5.16 Å². The number of hydrogen-bond acceptors (Lipinski definition) is 4. The van der Waals surface area contributed by atoms with Crippen LogP contribution in [0, 0.1) is 0 Å². The van der Waals surface area contributed by atoms with Gasteiger partial charge < -0.3 is 4.84 Å². The van der Waals surface area contributed by atoms with Gasteiger partial charge in [-0.1, -0.05) is 16.8 Å². The van der Waals surface area contributed by atoms with Gasteiger partial charge in [-0.25, -0.2) is 22.2 Å². The number of aromatic nitrogens is 2. The van der Waals surface area contributed by atoms with E-state index in [1.165, 1.54) is 11.8 Å². The van der Waals surface area contributed by atoms with E-state index < -0.39 is 30.7 Å². The average molecular weight is 360 g/mol. The Kier molecular flexibility index (Phi) is 5.26. The van der Waals surface area contributed by atoms with Crippen LogP contribution < -0.4 is 0 Å². The molecule has 0 N–H and O–H groups in total. The van der Waals surface area contributed by atoms with Crippen molar-refractivity contribution < 1.29 is 22.4 Å². The van der Waals surface area contributed by atoms with Gasteiger partial charge in [0, 0.05) is 17.7 Å². The van der Waals surface area contributed by atoms with E-state index in [0.717, 1.165) is 0 Å². The molecule has 1 aromatic heterocycles. The summed E-state index contributed by atoms with van der Waals surface area (Å²) in [5.41, 5.74) is -0.955. The van der Waals surface area contributed by atoms with Crippen molar-refractivity contribution in [2.45, 2.75) is 51.0 Å². The number of alkyl halides is 4. The Balaban J connectivity index is 2.14. The monoisotopic (exact) mass is 359 g/mol. The van der Waals surface area contributed by atoms with E-state index in [4.69, 9.17) is 16.4 Å². The lowest BCUT2D eigenvalue weighted by Crippen LogP contribution is -2.18. The number of nitrogens with zero attached hydrogens (tertiary/aromatic N) is 3. The van der Waals surface area contributed by atoms with Gasteiger partial charge in [0.15, 0.2) is 0 Å². The maximum absolute atomic E-state index is 13.0. The Hall–Kier alpha value is -0.960. The van der Waals surface area contributed by atoms with Crippen LogP contribution >= 0.6 is 23.4 Å². The Bertz CT molecular complexity index is 577. The molecule has 0 fully saturated rings. The van der Waals surface area contributed by atoms with E-state index >= 15 is 0 Å². The summed E-state index contributed by atoms with van der Waals surface area (Å²) in [5.74, 6) is 0.0695. The summed E-state index contributed by atoms with van der Waals surface area (Å²) < 4.78 is 51.5. The molecule has 1 aliphatic heterocycles. The Morgan fingerprint density at radius 2 is 2.05 bits per heavy atom. The molecule has 0 saturated heterocycles. The van der Waals surface area contributed by atoms with Gasteiger partial charge >= 0.3 is 0 Å². The second kappa shape index (κ2) is 6.66. The van der Waals surface area contributed by atoms with Crippen LogP contribution in [0.25, 0.3) is 0 Å². The first kappa shape index (κ1) is 17.4. The minimum Gasteiger partial charge on any atom is -0.389 e. The summed E-state index contributed by atoms with van der Waals surface area (Å²) in [4.78, 5) is 5.17. The molecule has 10 heteroatoms. The topological polar surface area (TPSA) is 39.4 Å². The lowest BCUT2D eigenvalue weighted by atomic mass is 10.1. The predicted octanol–water partition coefficient (Wildman–Crippen LogP) is 4.48. The van der Waals surface area contributed by atoms with Crippen molar-refractivity contribution in [3.63, 3.8) is 0 Å². The molecule has 1 aliphatic rings. The van der Waals surface area contributed by atoms with Gasteiger partial charge in [0.05, 0.1) is 0 Å². The van der Waals surface area contributed by atoms with Gasteiger partial charge in [0.1, 0.15) is 28.0 Å². The smallest absolute Gasteiger partial charge is 0.282 e. The van der Waals surface area contributed by atoms with Gasteiger partial charge in [-0.05, 0) is 13.8 Å². The second-order valence-corrected chi connectivity index (χ2v) is 6.74. The van der Waals surface area contributed by atoms with Crippen molar-refractivity contribution in [3.05, 3.63) is 16.4 Å². The first-order chi connectivity index (χ1) is 10.2. The fourth-order valence-electron chi connectivity index (χ4n) is 1.89. The summed E-state index contributed by atoms with van der Waals surface area (Å²) in [6.07, 6.45) is -5.06. The third-order valence-corrected chi connectivity index (χ3v) is 4.29. The van der Waals surface area contributed by atoms with Gasteiger partial charge in [0.25, 0.3) is 12.9 Å². The van der Waals surface area contributed by atoms with Crippen LogP contribution in [-0.4, -0.2) is 26.9 Å². The highest BCUT2D eigenvalue weighted by Crippen LogP contribution is 2.34. The highest BCUT2D eigenvalue weighted by Gasteiger charge is 2.30. The van der Waals surface area contributed by atoms with E-state index in [-0.39, 0.29) is 16.5 Å². The number of rotatable bonds is 5. The second-order valence-electron chi connectivity index (χ2n) is 5.33. The maximum Gasteiger partial charge on any atom is 0.282 e. The molecular formula is C12H14ClF4N3OS. The van der Waals surface area contributed by atoms with Gasteiger partial charge in [-0.3, -0.25) is 0 Å². The summed E-state index contributed by atoms with van der Waals surface area (Å²) in [6, 6.07) is 0. The van der Waals surface area contributed by atoms with Crippen molar-refractivity contribution in [1.82, 2.24) is 9.78 Å². The summed E-state index contributed by atoms with van der Waals surface area (Å²) in [7, 11) is 0. The lowest BCUT2D eigenvalue weighted by molar-refractivity contribution is 0.0123. The summed E-state index contributed by atoms with van der Waals surface area (Å²) >= 11 is 7.09. The van der Waals surface area contributed by atoms with Crippen molar-refractivity contribution in [1.29, 1.82) is 0 Å². The molecule has 1 aromatic rings. The largest absolute Gasteiger partial charge is 0.389 e. The molecule has 0 atom stereocenters. The SMILES string of the molecule is CC1(C)CC(SCc2c(C(F)F)nn(CC(F)F)c2Cl)=NO1. The molecule has 0 saturated carbocycles. The first-order valence-electron chi connectivity index (χ1n) is 6.39. The highest BCUT2D eigenvalue weighted by molar-refractivity contribution is 8.13. The molecule has 0 aromatic carbocycles. The minimum absolute atomic E-state index is 0.0507. The maximum atomic E-state index is 13.0. The van der Waals surface area contributed by atoms with E-state index in [2.05, 4.69) is 10.3 Å². The number of thioether (sulfide) groups is 1. The van der Waals surface area contributed by atoms with Crippen molar-refractivity contribution in [2.75, 3.05) is 0 Å². The van der Waals surface area contributed by atoms with E-state index in [1.807, 2.05) is 13.8 Å². The van der Waals surface area contributed by atoms with Crippen LogP contribution in [-0.2, 0) is 17.1 Å². The van der Waals surface area contributed by atoms with Gasteiger partial charge in [-0.2, -0.15) is 5.10 Å². The van der Waals surface area contributed by atoms with E-state index in [9.17, 15) is 17.6 Å². The summed E-state index contributed by atoms with van der Waals surface area (Å²) in [5, 5.41) is 7.81. The molecule has 0 amide bonds. The van der Waals surface area contributed by atoms with Gasteiger partial charge in [0.2, 0.25) is 0 Å². The molecule has 4 nitrogen and oxygen atoms in total. The fraction of sp³-hybridized carbons (Fsp3) is 0.667. The molecular weight excluding hydrogens is 346 g/mol. The first-order valence-corrected chi connectivity index (χ1v) is 7.75. The average Bonchev–Trinajstić information content (AvgIpc) is 2.88. The van der Waals surface area contributed by atoms with Gasteiger partial charge in [-0.15, -0.1) is 11.8 Å². The lowest BCUT2D eigenvalue weighted by Gasteiger charge is -2.13. The van der Waals surface area contributed by atoms with E-state index in [1.54, 1.807) is 0 Å². The highest BCUT2D eigenvalue weighted by atomic mass is 35.5. The molecule has 0 unspecified atom stereocenters. The Morgan fingerprint density at radius 1 is 1.36 bits per heavy atom. The number of oxime groups is 1. The zero-order chi connectivity index (χ0) is 16.5. The van der Waals surface area contributed by atoms with Crippen LogP contribution in [0.1, 0.15) is 38.0 Å². The van der Waals surface area contributed by atoms with Crippen LogP contribution in [0.3, 0.4) is 0 Å². The van der Waals surface area contributed by atoms with E-state index in [0.29, 0.717) is 16.1 Å². The Morgan fingerprint density at radius 3 is 2.55 bits per heavy atom. The number of hydrogen-bond donors (Lipinski definition) is 0. The fourth-order valence-corrected chi connectivity index (χ4v) is 3.38. The number of halogens is 5. The van der Waals surface area contributed by atoms with Crippen molar-refractivity contribution in [2.24, 2.45) is 5.16 Å². The molecule has 2 rings (SSSR count). The zero-order valence-corrected chi connectivity index (χ0v) is 13.4. The molecule has 0 bridgehead atoms. The standard InChI is InChI=1S/C12H14ClF4N3OS/c1-12(2)3-8(19-21-12)22-5-6-9(11(16)17)18-20(10(6)13)4-7(14)15/h7,11H,3-5H2,1-2H3. The normalized spacial score (nSPS) is 17.2. The Labute approximate surface area is 133 Å². The van der Waals surface area contributed by atoms with Crippen molar-refractivity contribution >= 4 is 28.4 Å². The quantitative estimate of drug-likeness (QED) is 0.727. The van der Waals surface area contributed by atoms with Crippen molar-refractivity contribution in [3.8, 4) is 0 Å². The summed E-state index contributed by atoms with van der Waals surface area (Å²) in [6.45, 7) is 2.88. The van der Waals surface area contributed by atoms with Crippen LogP contribution in [0.4, 0.5) is 17.6 Å².